The second-order valence-corrected chi connectivity index (χ2v) is 12.3. The summed E-state index contributed by atoms with van der Waals surface area (Å²) in [4.78, 5) is 74.0. The lowest BCUT2D eigenvalue weighted by atomic mass is 9.84. The number of aromatic nitrogens is 2. The second kappa shape index (κ2) is 11.2. The third-order valence-electron chi connectivity index (χ3n) is 7.73. The van der Waals surface area contributed by atoms with Crippen molar-refractivity contribution in [2.24, 2.45) is 5.92 Å². The van der Waals surface area contributed by atoms with Crippen molar-refractivity contribution >= 4 is 52.5 Å². The first kappa shape index (κ1) is 27.4. The number of fused-ring (bicyclic) bond motifs is 2. The molecular weight excluding hydrogens is 564 g/mol. The van der Waals surface area contributed by atoms with Crippen LogP contribution in [0.4, 0.5) is 5.69 Å². The summed E-state index contributed by atoms with van der Waals surface area (Å²) >= 11 is 2.21. The number of carbonyl (C=O) groups excluding carboxylic acids is 4. The van der Waals surface area contributed by atoms with Gasteiger partial charge in [-0.3, -0.25) is 28.7 Å². The highest BCUT2D eigenvalue weighted by Gasteiger charge is 2.57. The maximum absolute atomic E-state index is 14.0. The lowest BCUT2D eigenvalue weighted by Gasteiger charge is -2.31. The highest BCUT2D eigenvalue weighted by atomic mass is 32.2. The monoisotopic (exact) mass is 592 g/mol. The molecule has 1 aromatic carbocycles. The van der Waals surface area contributed by atoms with Gasteiger partial charge in [-0.25, -0.2) is 9.69 Å². The molecule has 2 saturated heterocycles. The molecule has 0 bridgehead atoms. The summed E-state index contributed by atoms with van der Waals surface area (Å²) in [6, 6.07) is 9.79. The zero-order valence-electron chi connectivity index (χ0n) is 22.4. The lowest BCUT2D eigenvalue weighted by molar-refractivity contribution is -0.133. The van der Waals surface area contributed by atoms with Gasteiger partial charge < -0.3 is 9.64 Å². The van der Waals surface area contributed by atoms with Gasteiger partial charge in [0.1, 0.15) is 11.8 Å². The lowest BCUT2D eigenvalue weighted by Crippen LogP contribution is -2.39. The van der Waals surface area contributed by atoms with Gasteiger partial charge in [0.05, 0.1) is 28.8 Å². The Labute approximate surface area is 244 Å². The van der Waals surface area contributed by atoms with Crippen molar-refractivity contribution in [3.05, 3.63) is 74.5 Å². The molecule has 2 fully saturated rings. The summed E-state index contributed by atoms with van der Waals surface area (Å²) in [6.45, 7) is 3.20. The van der Waals surface area contributed by atoms with E-state index in [-0.39, 0.29) is 29.8 Å². The fraction of sp³-hybridized carbons (Fsp3) is 0.379. The Morgan fingerprint density at radius 2 is 1.78 bits per heavy atom. The number of carbonyl (C=O) groups is 4. The number of ether oxygens (including phenoxy) is 1. The predicted molar refractivity (Wildman–Crippen MR) is 153 cm³/mol. The topological polar surface area (TPSA) is 119 Å². The Morgan fingerprint density at radius 3 is 2.46 bits per heavy atom. The molecule has 0 radical (unpaired) electrons. The maximum Gasteiger partial charge on any atom is 0.338 e. The number of piperidine rings is 1. The normalized spacial score (nSPS) is 21.9. The number of amides is 3. The minimum atomic E-state index is -0.796. The van der Waals surface area contributed by atoms with E-state index in [4.69, 9.17) is 4.74 Å². The largest absolute Gasteiger partial charge is 0.462 e. The molecule has 212 valence electrons. The first-order valence-electron chi connectivity index (χ1n) is 13.6. The number of thioether (sulfide) groups is 1. The number of imide groups is 1. The van der Waals surface area contributed by atoms with Crippen LogP contribution in [-0.2, 0) is 25.7 Å². The summed E-state index contributed by atoms with van der Waals surface area (Å²) in [5.74, 6) is -2.73. The third kappa shape index (κ3) is 4.88. The van der Waals surface area contributed by atoms with Gasteiger partial charge in [0.2, 0.25) is 17.7 Å². The summed E-state index contributed by atoms with van der Waals surface area (Å²) < 4.78 is 6.51. The van der Waals surface area contributed by atoms with Crippen LogP contribution in [0.15, 0.2) is 58.6 Å². The molecule has 41 heavy (non-hydrogen) atoms. The molecule has 0 saturated carbocycles. The van der Waals surface area contributed by atoms with Crippen LogP contribution in [0.1, 0.15) is 52.9 Å². The summed E-state index contributed by atoms with van der Waals surface area (Å²) in [7, 11) is 0. The number of rotatable bonds is 6. The predicted octanol–water partition coefficient (Wildman–Crippen LogP) is 3.29. The number of hydrogen-bond donors (Lipinski definition) is 0. The van der Waals surface area contributed by atoms with E-state index in [1.165, 1.54) is 33.4 Å². The number of anilines is 1. The number of pyridine rings is 1. The van der Waals surface area contributed by atoms with E-state index < -0.39 is 29.0 Å². The molecule has 10 nitrogen and oxygen atoms in total. The number of likely N-dealkylation sites (tertiary alicyclic amines) is 1. The third-order valence-corrected chi connectivity index (χ3v) is 10.3. The molecule has 5 heterocycles. The fourth-order valence-corrected chi connectivity index (χ4v) is 8.54. The van der Waals surface area contributed by atoms with Gasteiger partial charge in [-0.05, 0) is 62.1 Å². The zero-order valence-corrected chi connectivity index (χ0v) is 24.0. The summed E-state index contributed by atoms with van der Waals surface area (Å²) in [5, 5.41) is -0.239. The molecule has 0 spiro atoms. The molecule has 0 unspecified atom stereocenters. The Balaban J connectivity index is 1.37. The van der Waals surface area contributed by atoms with Crippen LogP contribution in [0.3, 0.4) is 0 Å². The molecular formula is C29H28N4O6S2. The van der Waals surface area contributed by atoms with Crippen molar-refractivity contribution in [3.8, 4) is 0 Å². The number of esters is 1. The van der Waals surface area contributed by atoms with Crippen LogP contribution in [0.25, 0.3) is 0 Å². The van der Waals surface area contributed by atoms with Crippen molar-refractivity contribution in [1.29, 1.82) is 0 Å². The fourth-order valence-electron chi connectivity index (χ4n) is 5.77. The van der Waals surface area contributed by atoms with Crippen LogP contribution >= 0.6 is 23.1 Å². The smallest absolute Gasteiger partial charge is 0.338 e. The number of hydrogen-bond acceptors (Lipinski definition) is 9. The van der Waals surface area contributed by atoms with Gasteiger partial charge in [-0.1, -0.05) is 29.2 Å². The van der Waals surface area contributed by atoms with Gasteiger partial charge in [0.25, 0.3) is 0 Å². The quantitative estimate of drug-likeness (QED) is 0.316. The Hall–Kier alpha value is -3.77. The Bertz CT molecular complexity index is 1560. The molecule has 3 amide bonds. The molecule has 0 aliphatic carbocycles. The van der Waals surface area contributed by atoms with E-state index in [1.807, 2.05) is 6.07 Å². The van der Waals surface area contributed by atoms with E-state index in [9.17, 15) is 24.0 Å². The van der Waals surface area contributed by atoms with Crippen molar-refractivity contribution in [2.45, 2.75) is 48.9 Å². The van der Waals surface area contributed by atoms with E-state index in [0.717, 1.165) is 36.2 Å². The Morgan fingerprint density at radius 1 is 1.02 bits per heavy atom. The van der Waals surface area contributed by atoms with Crippen molar-refractivity contribution in [2.75, 3.05) is 24.6 Å². The van der Waals surface area contributed by atoms with Gasteiger partial charge in [0.15, 0.2) is 0 Å². The molecule has 3 atom stereocenters. The minimum absolute atomic E-state index is 0.101. The molecule has 12 heteroatoms. The maximum atomic E-state index is 14.0. The van der Waals surface area contributed by atoms with Crippen molar-refractivity contribution in [3.63, 3.8) is 0 Å². The van der Waals surface area contributed by atoms with E-state index in [2.05, 4.69) is 4.98 Å². The van der Waals surface area contributed by atoms with Crippen molar-refractivity contribution in [1.82, 2.24) is 14.5 Å². The van der Waals surface area contributed by atoms with E-state index in [1.54, 1.807) is 42.4 Å². The highest BCUT2D eigenvalue weighted by molar-refractivity contribution is 8.00. The van der Waals surface area contributed by atoms with E-state index >= 15 is 0 Å². The van der Waals surface area contributed by atoms with E-state index in [0.29, 0.717) is 34.2 Å². The molecule has 3 aromatic rings. The van der Waals surface area contributed by atoms with Crippen molar-refractivity contribution < 1.29 is 23.9 Å². The van der Waals surface area contributed by atoms with Crippen LogP contribution in [-0.4, -0.2) is 63.1 Å². The highest BCUT2D eigenvalue weighted by Crippen LogP contribution is 2.53. The van der Waals surface area contributed by atoms with Crippen LogP contribution in [0, 0.1) is 5.92 Å². The minimum Gasteiger partial charge on any atom is -0.462 e. The first-order valence-corrected chi connectivity index (χ1v) is 15.3. The Kier molecular flexibility index (Phi) is 7.52. The first-order chi connectivity index (χ1) is 19.9. The van der Waals surface area contributed by atoms with Crippen LogP contribution in [0.2, 0.25) is 0 Å². The number of nitrogens with zero attached hydrogens (tertiary/aromatic N) is 4. The van der Waals surface area contributed by atoms with Crippen LogP contribution < -0.4 is 9.77 Å². The van der Waals surface area contributed by atoms with Gasteiger partial charge in [-0.15, -0.1) is 0 Å². The second-order valence-electron chi connectivity index (χ2n) is 10.2. The van der Waals surface area contributed by atoms with Gasteiger partial charge >= 0.3 is 10.8 Å². The SMILES string of the molecule is CCOC(=O)c1ccc(N2C(=O)[C@@H]3[C@H](c4cccnc4)c4sc(=O)n(CC(=O)N5CCCCC5)c4S[C@@H]3C2=O)cc1. The summed E-state index contributed by atoms with van der Waals surface area (Å²) in [5.41, 5.74) is 1.40. The summed E-state index contributed by atoms with van der Waals surface area (Å²) in [6.07, 6.45) is 6.25. The molecule has 3 aliphatic rings. The number of thiazole rings is 1. The molecule has 6 rings (SSSR count). The zero-order chi connectivity index (χ0) is 28.7. The molecule has 2 aromatic heterocycles. The molecule has 3 aliphatic heterocycles. The van der Waals surface area contributed by atoms with Gasteiger partial charge in [0, 0.05) is 36.3 Å². The van der Waals surface area contributed by atoms with Gasteiger partial charge in [-0.2, -0.15) is 0 Å². The average Bonchev–Trinajstić information content (AvgIpc) is 3.44. The van der Waals surface area contributed by atoms with Crippen LogP contribution in [0.5, 0.6) is 0 Å². The number of benzene rings is 1. The average molecular weight is 593 g/mol. The standard InChI is InChI=1S/C29H28N4O6S2/c1-2-39-28(37)17-8-10-19(11-9-17)33-25(35)22-21(18-7-6-12-30-15-18)24-27(40-23(22)26(33)36)32(29(38)41-24)16-20(34)31-13-4-3-5-14-31/h6-12,15,21-23H,2-5,13-14,16H2,1H3/t21-,22+,23-/m0/s1. The molecule has 0 N–H and O–H groups in total.